The van der Waals surface area contributed by atoms with Gasteiger partial charge in [0.25, 0.3) is 0 Å². The average molecular weight is 506 g/mol. The molecule has 0 spiro atoms. The normalized spacial score (nSPS) is 13.6. The first-order chi connectivity index (χ1) is 13.0. The van der Waals surface area contributed by atoms with E-state index in [9.17, 15) is 0 Å². The van der Waals surface area contributed by atoms with E-state index in [2.05, 4.69) is 53.7 Å². The summed E-state index contributed by atoms with van der Waals surface area (Å²) in [6, 6.07) is 8.30. The molecule has 28 heavy (non-hydrogen) atoms. The SMILES string of the molecule is CCOC(CCN(C)C)CNC(=NC)NCCC(C)c1ccc(OC)cc1.I. The van der Waals surface area contributed by atoms with Gasteiger partial charge in [0.2, 0.25) is 0 Å². The molecule has 2 N–H and O–H groups in total. The molecule has 0 saturated carbocycles. The number of hydrogen-bond acceptors (Lipinski definition) is 4. The fraction of sp³-hybridized carbons (Fsp3) is 0.667. The summed E-state index contributed by atoms with van der Waals surface area (Å²) in [7, 11) is 7.66. The van der Waals surface area contributed by atoms with Crippen LogP contribution in [0.4, 0.5) is 0 Å². The molecule has 0 radical (unpaired) electrons. The van der Waals surface area contributed by atoms with Crippen molar-refractivity contribution in [1.29, 1.82) is 0 Å². The number of guanidine groups is 1. The van der Waals surface area contributed by atoms with Crippen LogP contribution in [0.1, 0.15) is 38.2 Å². The van der Waals surface area contributed by atoms with Gasteiger partial charge >= 0.3 is 0 Å². The van der Waals surface area contributed by atoms with E-state index in [4.69, 9.17) is 9.47 Å². The largest absolute Gasteiger partial charge is 0.497 e. The van der Waals surface area contributed by atoms with Gasteiger partial charge < -0.3 is 25.0 Å². The molecule has 0 saturated heterocycles. The van der Waals surface area contributed by atoms with Crippen molar-refractivity contribution in [3.05, 3.63) is 29.8 Å². The Balaban J connectivity index is 0.00000729. The highest BCUT2D eigenvalue weighted by atomic mass is 127. The molecule has 0 fully saturated rings. The number of methoxy groups -OCH3 is 1. The van der Waals surface area contributed by atoms with Gasteiger partial charge in [0.05, 0.1) is 13.2 Å². The van der Waals surface area contributed by atoms with Crippen LogP contribution in [-0.2, 0) is 4.74 Å². The molecule has 2 unspecified atom stereocenters. The first-order valence-corrected chi connectivity index (χ1v) is 9.84. The van der Waals surface area contributed by atoms with Gasteiger partial charge in [0.1, 0.15) is 5.75 Å². The van der Waals surface area contributed by atoms with Gasteiger partial charge in [0.15, 0.2) is 5.96 Å². The molecule has 2 atom stereocenters. The maximum atomic E-state index is 5.82. The average Bonchev–Trinajstić information content (AvgIpc) is 2.68. The fourth-order valence-electron chi connectivity index (χ4n) is 2.82. The Kier molecular flexibility index (Phi) is 15.2. The molecular formula is C21H39IN4O2. The zero-order valence-electron chi connectivity index (χ0n) is 18.3. The van der Waals surface area contributed by atoms with Crippen LogP contribution in [0.3, 0.4) is 0 Å². The minimum Gasteiger partial charge on any atom is -0.497 e. The zero-order valence-corrected chi connectivity index (χ0v) is 20.7. The van der Waals surface area contributed by atoms with Crippen LogP contribution >= 0.6 is 24.0 Å². The molecule has 162 valence electrons. The third-order valence-corrected chi connectivity index (χ3v) is 4.58. The molecule has 0 aliphatic heterocycles. The van der Waals surface area contributed by atoms with E-state index >= 15 is 0 Å². The monoisotopic (exact) mass is 506 g/mol. The molecule has 1 aromatic rings. The van der Waals surface area contributed by atoms with Crippen molar-refractivity contribution in [2.75, 3.05) is 54.5 Å². The predicted molar refractivity (Wildman–Crippen MR) is 129 cm³/mol. The van der Waals surface area contributed by atoms with E-state index in [1.807, 2.05) is 19.1 Å². The Morgan fingerprint density at radius 2 is 1.82 bits per heavy atom. The summed E-state index contributed by atoms with van der Waals surface area (Å²) in [5.74, 6) is 2.19. The molecule has 0 amide bonds. The minimum atomic E-state index is 0. The Hall–Kier alpha value is -1.06. The summed E-state index contributed by atoms with van der Waals surface area (Å²) in [4.78, 5) is 6.50. The van der Waals surface area contributed by atoms with E-state index in [0.29, 0.717) is 5.92 Å². The second-order valence-electron chi connectivity index (χ2n) is 7.01. The molecule has 0 aliphatic carbocycles. The fourth-order valence-corrected chi connectivity index (χ4v) is 2.82. The number of nitrogens with one attached hydrogen (secondary N) is 2. The number of hydrogen-bond donors (Lipinski definition) is 2. The van der Waals surface area contributed by atoms with Crippen molar-refractivity contribution in [3.8, 4) is 5.75 Å². The van der Waals surface area contributed by atoms with E-state index in [1.54, 1.807) is 14.2 Å². The molecule has 6 nitrogen and oxygen atoms in total. The Labute approximate surface area is 188 Å². The lowest BCUT2D eigenvalue weighted by Crippen LogP contribution is -2.42. The topological polar surface area (TPSA) is 58.1 Å². The molecule has 7 heteroatoms. The Morgan fingerprint density at radius 1 is 1.14 bits per heavy atom. The van der Waals surface area contributed by atoms with Crippen molar-refractivity contribution in [2.45, 2.75) is 38.7 Å². The number of nitrogens with zero attached hydrogens (tertiary/aromatic N) is 2. The van der Waals surface area contributed by atoms with Crippen molar-refractivity contribution in [3.63, 3.8) is 0 Å². The quantitative estimate of drug-likeness (QED) is 0.259. The summed E-state index contributed by atoms with van der Waals surface area (Å²) in [5, 5.41) is 6.79. The summed E-state index contributed by atoms with van der Waals surface area (Å²) < 4.78 is 11.0. The lowest BCUT2D eigenvalue weighted by molar-refractivity contribution is 0.0548. The molecule has 0 heterocycles. The summed E-state index contributed by atoms with van der Waals surface area (Å²) in [6.45, 7) is 7.64. The maximum Gasteiger partial charge on any atom is 0.191 e. The van der Waals surface area contributed by atoms with Crippen LogP contribution in [-0.4, -0.2) is 71.5 Å². The van der Waals surface area contributed by atoms with Gasteiger partial charge in [-0.05, 0) is 57.5 Å². The Bertz CT molecular complexity index is 538. The van der Waals surface area contributed by atoms with Gasteiger partial charge in [-0.2, -0.15) is 0 Å². The lowest BCUT2D eigenvalue weighted by atomic mass is 9.98. The molecule has 0 bridgehead atoms. The van der Waals surface area contributed by atoms with Crippen LogP contribution in [0.15, 0.2) is 29.3 Å². The third-order valence-electron chi connectivity index (χ3n) is 4.58. The van der Waals surface area contributed by atoms with Crippen molar-refractivity contribution in [2.24, 2.45) is 4.99 Å². The highest BCUT2D eigenvalue weighted by Gasteiger charge is 2.11. The van der Waals surface area contributed by atoms with Crippen LogP contribution < -0.4 is 15.4 Å². The van der Waals surface area contributed by atoms with Crippen LogP contribution in [0.2, 0.25) is 0 Å². The summed E-state index contributed by atoms with van der Waals surface area (Å²) in [6.07, 6.45) is 2.22. The minimum absolute atomic E-state index is 0. The van der Waals surface area contributed by atoms with E-state index < -0.39 is 0 Å². The first kappa shape index (κ1) is 26.9. The van der Waals surface area contributed by atoms with Gasteiger partial charge in [-0.25, -0.2) is 0 Å². The number of aliphatic imine (C=N–C) groups is 1. The molecule has 1 aromatic carbocycles. The second kappa shape index (κ2) is 15.8. The second-order valence-corrected chi connectivity index (χ2v) is 7.01. The smallest absolute Gasteiger partial charge is 0.191 e. The number of benzene rings is 1. The van der Waals surface area contributed by atoms with Crippen molar-refractivity contribution < 1.29 is 9.47 Å². The predicted octanol–water partition coefficient (Wildman–Crippen LogP) is 3.33. The first-order valence-electron chi connectivity index (χ1n) is 9.84. The highest BCUT2D eigenvalue weighted by Crippen LogP contribution is 2.21. The molecule has 0 aromatic heterocycles. The molecule has 0 aliphatic rings. The summed E-state index contributed by atoms with van der Waals surface area (Å²) >= 11 is 0. The van der Waals surface area contributed by atoms with Gasteiger partial charge in [-0.1, -0.05) is 19.1 Å². The van der Waals surface area contributed by atoms with Gasteiger partial charge in [0, 0.05) is 33.3 Å². The van der Waals surface area contributed by atoms with Crippen molar-refractivity contribution in [1.82, 2.24) is 15.5 Å². The van der Waals surface area contributed by atoms with Crippen LogP contribution in [0.5, 0.6) is 5.75 Å². The highest BCUT2D eigenvalue weighted by molar-refractivity contribution is 14.0. The molecular weight excluding hydrogens is 467 g/mol. The summed E-state index contributed by atoms with van der Waals surface area (Å²) in [5.41, 5.74) is 1.32. The maximum absolute atomic E-state index is 5.82. The number of ether oxygens (including phenoxy) is 2. The molecule has 1 rings (SSSR count). The Morgan fingerprint density at radius 3 is 2.36 bits per heavy atom. The standard InChI is InChI=1S/C21H38N4O2.HI/c1-7-27-20(13-15-25(4)5)16-24-21(22-3)23-14-12-17(2)18-8-10-19(26-6)11-9-18;/h8-11,17,20H,7,12-16H2,1-6H3,(H2,22,23,24);1H. The van der Waals surface area contributed by atoms with E-state index in [1.165, 1.54) is 5.56 Å². The number of rotatable bonds is 12. The number of halogens is 1. The van der Waals surface area contributed by atoms with Crippen LogP contribution in [0, 0.1) is 0 Å². The zero-order chi connectivity index (χ0) is 20.1. The van der Waals surface area contributed by atoms with Crippen LogP contribution in [0.25, 0.3) is 0 Å². The third kappa shape index (κ3) is 11.1. The van der Waals surface area contributed by atoms with E-state index in [0.717, 1.165) is 50.8 Å². The van der Waals surface area contributed by atoms with Gasteiger partial charge in [-0.15, -0.1) is 24.0 Å². The van der Waals surface area contributed by atoms with E-state index in [-0.39, 0.29) is 30.1 Å². The van der Waals surface area contributed by atoms with Crippen molar-refractivity contribution >= 4 is 29.9 Å². The van der Waals surface area contributed by atoms with Gasteiger partial charge in [-0.3, -0.25) is 4.99 Å². The lowest BCUT2D eigenvalue weighted by Gasteiger charge is -2.21.